The van der Waals surface area contributed by atoms with E-state index in [0.29, 0.717) is 18.7 Å². The third-order valence-corrected chi connectivity index (χ3v) is 3.31. The summed E-state index contributed by atoms with van der Waals surface area (Å²) in [7, 11) is 0. The molecule has 1 aromatic rings. The summed E-state index contributed by atoms with van der Waals surface area (Å²) >= 11 is 0. The monoisotopic (exact) mass is 305 g/mol. The molecule has 0 bridgehead atoms. The van der Waals surface area contributed by atoms with Crippen molar-refractivity contribution in [1.82, 2.24) is 15.1 Å². The van der Waals surface area contributed by atoms with Crippen molar-refractivity contribution in [2.24, 2.45) is 5.92 Å². The topological polar surface area (TPSA) is 56.2 Å². The second-order valence-corrected chi connectivity index (χ2v) is 5.24. The molecule has 21 heavy (non-hydrogen) atoms. The van der Waals surface area contributed by atoms with E-state index in [4.69, 9.17) is 4.74 Å². The van der Waals surface area contributed by atoms with E-state index in [-0.39, 0.29) is 37.1 Å². The lowest BCUT2D eigenvalue weighted by molar-refractivity contribution is -0.142. The van der Waals surface area contributed by atoms with Crippen LogP contribution in [-0.2, 0) is 35.3 Å². The zero-order chi connectivity index (χ0) is 15.6. The Hall–Kier alpha value is -1.57. The second kappa shape index (κ2) is 6.05. The van der Waals surface area contributed by atoms with E-state index < -0.39 is 11.9 Å². The predicted molar refractivity (Wildman–Crippen MR) is 68.4 cm³/mol. The third-order valence-electron chi connectivity index (χ3n) is 3.31. The van der Waals surface area contributed by atoms with Crippen LogP contribution in [0.25, 0.3) is 0 Å². The van der Waals surface area contributed by atoms with Crippen LogP contribution in [-0.4, -0.2) is 28.8 Å². The molecular weight excluding hydrogens is 287 g/mol. The first-order valence-electron chi connectivity index (χ1n) is 6.82. The van der Waals surface area contributed by atoms with Crippen molar-refractivity contribution in [3.8, 4) is 0 Å². The molecular formula is C13H18F3N3O2. The minimum atomic E-state index is -4.49. The molecule has 0 radical (unpaired) electrons. The van der Waals surface area contributed by atoms with Crippen LogP contribution in [0.3, 0.4) is 0 Å². The molecule has 0 fully saturated rings. The molecule has 1 aromatic heterocycles. The Labute approximate surface area is 120 Å². The quantitative estimate of drug-likeness (QED) is 0.922. The first kappa shape index (κ1) is 15.8. The molecule has 0 atom stereocenters. The molecule has 0 aromatic carbocycles. The molecule has 2 heterocycles. The van der Waals surface area contributed by atoms with Gasteiger partial charge in [0, 0.05) is 30.1 Å². The smallest absolute Gasteiger partial charge is 0.376 e. The lowest BCUT2D eigenvalue weighted by Gasteiger charge is -2.15. The highest BCUT2D eigenvalue weighted by Crippen LogP contribution is 2.34. The number of carbonyl (C=O) groups is 1. The van der Waals surface area contributed by atoms with Crippen LogP contribution in [0.4, 0.5) is 13.2 Å². The van der Waals surface area contributed by atoms with Gasteiger partial charge in [0.25, 0.3) is 0 Å². The first-order chi connectivity index (χ1) is 9.80. The minimum Gasteiger partial charge on any atom is -0.376 e. The van der Waals surface area contributed by atoms with Crippen molar-refractivity contribution >= 4 is 5.91 Å². The second-order valence-electron chi connectivity index (χ2n) is 5.24. The van der Waals surface area contributed by atoms with E-state index in [1.54, 1.807) is 13.8 Å². The van der Waals surface area contributed by atoms with E-state index >= 15 is 0 Å². The molecule has 5 nitrogen and oxygen atoms in total. The fourth-order valence-electron chi connectivity index (χ4n) is 2.21. The molecule has 1 N–H and O–H groups in total. The van der Waals surface area contributed by atoms with Crippen LogP contribution in [0.15, 0.2) is 0 Å². The number of amides is 1. The number of alkyl halides is 3. The number of hydrogen-bond acceptors (Lipinski definition) is 3. The van der Waals surface area contributed by atoms with Crippen LogP contribution < -0.4 is 5.32 Å². The van der Waals surface area contributed by atoms with Gasteiger partial charge in [0.05, 0.1) is 19.8 Å². The maximum Gasteiger partial charge on any atom is 0.435 e. The van der Waals surface area contributed by atoms with Gasteiger partial charge in [0.15, 0.2) is 5.69 Å². The number of hydrogen-bond donors (Lipinski definition) is 1. The van der Waals surface area contributed by atoms with E-state index in [1.165, 1.54) is 4.68 Å². The lowest BCUT2D eigenvalue weighted by atomic mass is 10.1. The van der Waals surface area contributed by atoms with Gasteiger partial charge >= 0.3 is 6.18 Å². The molecule has 1 amide bonds. The fourth-order valence-corrected chi connectivity index (χ4v) is 2.21. The normalized spacial score (nSPS) is 15.1. The zero-order valence-electron chi connectivity index (χ0n) is 12.0. The number of halogens is 3. The Morgan fingerprint density at radius 3 is 2.81 bits per heavy atom. The van der Waals surface area contributed by atoms with E-state index in [0.717, 1.165) is 0 Å². The van der Waals surface area contributed by atoms with Crippen LogP contribution in [0.5, 0.6) is 0 Å². The third kappa shape index (κ3) is 3.55. The van der Waals surface area contributed by atoms with Crippen LogP contribution in [0, 0.1) is 5.92 Å². The van der Waals surface area contributed by atoms with Crippen LogP contribution in [0.2, 0.25) is 0 Å². The SMILES string of the molecule is CC(C)C(=O)NCCn1nc(C(F)(F)F)c2c1CCOC2. The molecule has 118 valence electrons. The van der Waals surface area contributed by atoms with E-state index in [2.05, 4.69) is 10.4 Å². The number of fused-ring (bicyclic) bond motifs is 1. The van der Waals surface area contributed by atoms with Gasteiger partial charge in [-0.15, -0.1) is 0 Å². The highest BCUT2D eigenvalue weighted by atomic mass is 19.4. The molecule has 2 rings (SSSR count). The van der Waals surface area contributed by atoms with Gasteiger partial charge in [-0.1, -0.05) is 13.8 Å². The maximum absolute atomic E-state index is 12.9. The van der Waals surface area contributed by atoms with Gasteiger partial charge in [-0.2, -0.15) is 18.3 Å². The van der Waals surface area contributed by atoms with E-state index in [1.807, 2.05) is 0 Å². The average Bonchev–Trinajstić information content (AvgIpc) is 2.78. The van der Waals surface area contributed by atoms with Gasteiger partial charge < -0.3 is 10.1 Å². The Morgan fingerprint density at radius 1 is 1.48 bits per heavy atom. The standard InChI is InChI=1S/C13H18F3N3O2/c1-8(2)12(20)17-4-5-19-10-3-6-21-7-9(10)11(18-19)13(14,15)16/h8H,3-7H2,1-2H3,(H,17,20). The number of ether oxygens (including phenoxy) is 1. The Balaban J connectivity index is 2.13. The van der Waals surface area contributed by atoms with Gasteiger partial charge in [-0.3, -0.25) is 9.48 Å². The summed E-state index contributed by atoms with van der Waals surface area (Å²) < 4.78 is 45.3. The zero-order valence-corrected chi connectivity index (χ0v) is 12.0. The summed E-state index contributed by atoms with van der Waals surface area (Å²) in [6.07, 6.45) is -4.09. The summed E-state index contributed by atoms with van der Waals surface area (Å²) in [6, 6.07) is 0. The number of carbonyl (C=O) groups excluding carboxylic acids is 1. The molecule has 8 heteroatoms. The van der Waals surface area contributed by atoms with Crippen molar-refractivity contribution in [2.75, 3.05) is 13.2 Å². The van der Waals surface area contributed by atoms with Crippen molar-refractivity contribution < 1.29 is 22.7 Å². The highest BCUT2D eigenvalue weighted by Gasteiger charge is 2.39. The van der Waals surface area contributed by atoms with Crippen molar-refractivity contribution in [2.45, 2.75) is 39.6 Å². The summed E-state index contributed by atoms with van der Waals surface area (Å²) in [6.45, 7) is 4.30. The lowest BCUT2D eigenvalue weighted by Crippen LogP contribution is -2.31. The predicted octanol–water partition coefficient (Wildman–Crippen LogP) is 1.75. The highest BCUT2D eigenvalue weighted by molar-refractivity contribution is 5.77. The minimum absolute atomic E-state index is 0.0669. The summed E-state index contributed by atoms with van der Waals surface area (Å²) in [4.78, 5) is 11.4. The van der Waals surface area contributed by atoms with Gasteiger partial charge in [0.2, 0.25) is 5.91 Å². The van der Waals surface area contributed by atoms with E-state index in [9.17, 15) is 18.0 Å². The van der Waals surface area contributed by atoms with Crippen molar-refractivity contribution in [1.29, 1.82) is 0 Å². The Bertz CT molecular complexity index is 523. The molecule has 1 aliphatic rings. The van der Waals surface area contributed by atoms with Crippen molar-refractivity contribution in [3.63, 3.8) is 0 Å². The van der Waals surface area contributed by atoms with Crippen molar-refractivity contribution in [3.05, 3.63) is 17.0 Å². The van der Waals surface area contributed by atoms with Gasteiger partial charge in [-0.25, -0.2) is 0 Å². The number of rotatable bonds is 4. The molecule has 0 unspecified atom stereocenters. The maximum atomic E-state index is 12.9. The molecule has 0 spiro atoms. The molecule has 0 saturated heterocycles. The molecule has 0 aliphatic carbocycles. The molecule has 0 saturated carbocycles. The largest absolute Gasteiger partial charge is 0.435 e. The summed E-state index contributed by atoms with van der Waals surface area (Å²) in [5.74, 6) is -0.286. The molecule has 1 aliphatic heterocycles. The fraction of sp³-hybridized carbons (Fsp3) is 0.692. The number of nitrogens with zero attached hydrogens (tertiary/aromatic N) is 2. The number of nitrogens with one attached hydrogen (secondary N) is 1. The van der Waals surface area contributed by atoms with Crippen LogP contribution >= 0.6 is 0 Å². The van der Waals surface area contributed by atoms with Gasteiger partial charge in [0.1, 0.15) is 0 Å². The first-order valence-corrected chi connectivity index (χ1v) is 6.82. The Kier molecular flexibility index (Phi) is 4.55. The number of aromatic nitrogens is 2. The Morgan fingerprint density at radius 2 is 2.19 bits per heavy atom. The van der Waals surface area contributed by atoms with Crippen LogP contribution in [0.1, 0.15) is 30.8 Å². The van der Waals surface area contributed by atoms with Gasteiger partial charge in [-0.05, 0) is 0 Å². The summed E-state index contributed by atoms with van der Waals surface area (Å²) in [5, 5.41) is 6.34. The average molecular weight is 305 g/mol. The summed E-state index contributed by atoms with van der Waals surface area (Å²) in [5.41, 5.74) is -0.219.